The summed E-state index contributed by atoms with van der Waals surface area (Å²) in [5.74, 6) is 6.64. The highest BCUT2D eigenvalue weighted by Crippen LogP contribution is 2.29. The molecule has 0 aliphatic carbocycles. The summed E-state index contributed by atoms with van der Waals surface area (Å²) in [6, 6.07) is 5.35. The molecule has 1 atom stereocenters. The molecule has 0 aliphatic heterocycles. The van der Waals surface area contributed by atoms with Crippen molar-refractivity contribution >= 4 is 16.9 Å². The van der Waals surface area contributed by atoms with E-state index in [2.05, 4.69) is 37.1 Å². The van der Waals surface area contributed by atoms with Gasteiger partial charge in [-0.25, -0.2) is 14.6 Å². The van der Waals surface area contributed by atoms with Crippen molar-refractivity contribution in [1.29, 1.82) is 0 Å². The fraction of sp³-hybridized carbons (Fsp3) is 0.348. The minimum absolute atomic E-state index is 0.126. The molecule has 4 rings (SSSR count). The second-order valence-corrected chi connectivity index (χ2v) is 8.29. The van der Waals surface area contributed by atoms with Crippen LogP contribution in [0.5, 0.6) is 5.88 Å². The molecule has 11 nitrogen and oxygen atoms in total. The number of aliphatic hydroxyl groups is 1. The monoisotopic (exact) mass is 462 g/mol. The van der Waals surface area contributed by atoms with Gasteiger partial charge in [-0.05, 0) is 61.1 Å². The first-order valence-corrected chi connectivity index (χ1v) is 10.8. The smallest absolute Gasteiger partial charge is 0.216 e. The number of nitrogens with zero attached hydrogens (tertiary/aromatic N) is 6. The number of imidazole rings is 1. The zero-order valence-corrected chi connectivity index (χ0v) is 19.2. The van der Waals surface area contributed by atoms with E-state index < -0.39 is 5.60 Å². The highest BCUT2D eigenvalue weighted by molar-refractivity contribution is 5.86. The van der Waals surface area contributed by atoms with Crippen LogP contribution in [0.25, 0.3) is 22.6 Å². The van der Waals surface area contributed by atoms with Crippen molar-refractivity contribution in [1.82, 2.24) is 29.8 Å². The van der Waals surface area contributed by atoms with E-state index in [1.165, 1.54) is 0 Å². The Kier molecular flexibility index (Phi) is 6.45. The fourth-order valence-corrected chi connectivity index (χ4v) is 3.40. The second-order valence-electron chi connectivity index (χ2n) is 8.29. The van der Waals surface area contributed by atoms with Crippen molar-refractivity contribution < 1.29 is 14.5 Å². The van der Waals surface area contributed by atoms with Crippen LogP contribution in [-0.2, 0) is 13.0 Å². The molecule has 34 heavy (non-hydrogen) atoms. The van der Waals surface area contributed by atoms with Crippen LogP contribution in [0, 0.1) is 11.8 Å². The summed E-state index contributed by atoms with van der Waals surface area (Å²) in [7, 11) is 0. The minimum Gasteiger partial charge on any atom is -0.476 e. The van der Waals surface area contributed by atoms with Crippen LogP contribution in [0.2, 0.25) is 0 Å². The molecule has 4 aromatic heterocycles. The summed E-state index contributed by atoms with van der Waals surface area (Å²) in [5.41, 5.74) is 13.9. The Morgan fingerprint density at radius 3 is 2.65 bits per heavy atom. The van der Waals surface area contributed by atoms with Crippen molar-refractivity contribution in [3.05, 3.63) is 41.9 Å². The highest BCUT2D eigenvalue weighted by atomic mass is 16.6. The molecule has 4 aromatic rings. The summed E-state index contributed by atoms with van der Waals surface area (Å²) in [5, 5.41) is 17.6. The summed E-state index contributed by atoms with van der Waals surface area (Å²) < 4.78 is 12.6. The number of anilines is 1. The van der Waals surface area contributed by atoms with Crippen LogP contribution in [0.4, 0.5) is 5.82 Å². The van der Waals surface area contributed by atoms with Gasteiger partial charge in [0.25, 0.3) is 0 Å². The minimum atomic E-state index is -1.21. The van der Waals surface area contributed by atoms with E-state index in [-0.39, 0.29) is 18.5 Å². The van der Waals surface area contributed by atoms with Crippen LogP contribution >= 0.6 is 0 Å². The van der Waals surface area contributed by atoms with Gasteiger partial charge in [-0.3, -0.25) is 4.98 Å². The Bertz CT molecular complexity index is 1350. The number of pyridine rings is 2. The number of rotatable bonds is 7. The maximum Gasteiger partial charge on any atom is 0.216 e. The molecule has 0 amide bonds. The Hall–Kier alpha value is -4.01. The molecule has 0 aromatic carbocycles. The first-order valence-electron chi connectivity index (χ1n) is 10.8. The predicted octanol–water partition coefficient (Wildman–Crippen LogP) is 1.55. The number of fused-ring (bicyclic) bond motifs is 1. The second kappa shape index (κ2) is 9.46. The molecule has 0 aliphatic rings. The van der Waals surface area contributed by atoms with Gasteiger partial charge >= 0.3 is 0 Å². The molecule has 0 fully saturated rings. The van der Waals surface area contributed by atoms with Crippen LogP contribution < -0.4 is 16.2 Å². The van der Waals surface area contributed by atoms with Crippen molar-refractivity contribution in [2.75, 3.05) is 12.3 Å². The summed E-state index contributed by atoms with van der Waals surface area (Å²) in [6.07, 6.45) is 4.09. The third-order valence-electron chi connectivity index (χ3n) is 4.93. The number of aromatic nitrogens is 6. The van der Waals surface area contributed by atoms with Crippen LogP contribution in [0.3, 0.4) is 0 Å². The Morgan fingerprint density at radius 2 is 2.00 bits per heavy atom. The lowest BCUT2D eigenvalue weighted by Gasteiger charge is -2.13. The first-order chi connectivity index (χ1) is 16.2. The molecule has 0 saturated carbocycles. The molecule has 0 unspecified atom stereocenters. The number of aryl methyl sites for hydroxylation is 1. The van der Waals surface area contributed by atoms with Gasteiger partial charge in [-0.1, -0.05) is 5.92 Å². The molecule has 0 saturated heterocycles. The first kappa shape index (κ1) is 23.2. The zero-order valence-electron chi connectivity index (χ0n) is 19.2. The van der Waals surface area contributed by atoms with E-state index in [0.717, 1.165) is 5.56 Å². The molecule has 11 heteroatoms. The number of ether oxygens (including phenoxy) is 1. The van der Waals surface area contributed by atoms with E-state index in [4.69, 9.17) is 20.8 Å². The van der Waals surface area contributed by atoms with Crippen LogP contribution in [0.15, 0.2) is 35.2 Å². The van der Waals surface area contributed by atoms with E-state index in [0.29, 0.717) is 47.1 Å². The molecule has 0 spiro atoms. The topological polar surface area (TPSA) is 164 Å². The average molecular weight is 463 g/mol. The van der Waals surface area contributed by atoms with Gasteiger partial charge in [-0.2, -0.15) is 0 Å². The van der Waals surface area contributed by atoms with Crippen LogP contribution in [0.1, 0.15) is 32.0 Å². The fourth-order valence-electron chi connectivity index (χ4n) is 3.40. The van der Waals surface area contributed by atoms with Gasteiger partial charge in [0, 0.05) is 31.0 Å². The van der Waals surface area contributed by atoms with Gasteiger partial charge in [0.05, 0.1) is 5.52 Å². The highest BCUT2D eigenvalue weighted by Gasteiger charge is 2.22. The van der Waals surface area contributed by atoms with E-state index in [9.17, 15) is 5.11 Å². The van der Waals surface area contributed by atoms with Crippen molar-refractivity contribution in [3.8, 4) is 29.2 Å². The van der Waals surface area contributed by atoms with Crippen LogP contribution in [-0.4, -0.2) is 53.2 Å². The molecular formula is C23H26N8O3. The van der Waals surface area contributed by atoms with E-state index in [1.54, 1.807) is 32.3 Å². The lowest BCUT2D eigenvalue weighted by atomic mass is 10.1. The molecule has 176 valence electrons. The number of hydrogen-bond acceptors (Lipinski definition) is 10. The normalized spacial score (nSPS) is 12.4. The largest absolute Gasteiger partial charge is 0.476 e. The van der Waals surface area contributed by atoms with Crippen molar-refractivity contribution in [2.45, 2.75) is 45.4 Å². The maximum atomic E-state index is 10.1. The summed E-state index contributed by atoms with van der Waals surface area (Å²) >= 11 is 0. The lowest BCUT2D eigenvalue weighted by molar-refractivity contribution is 0.143. The average Bonchev–Trinajstić information content (AvgIpc) is 3.38. The van der Waals surface area contributed by atoms with Gasteiger partial charge in [0.1, 0.15) is 23.4 Å². The molecule has 0 radical (unpaired) electrons. The van der Waals surface area contributed by atoms with E-state index >= 15 is 0 Å². The van der Waals surface area contributed by atoms with Gasteiger partial charge in [0.15, 0.2) is 17.3 Å². The maximum absolute atomic E-state index is 10.1. The Morgan fingerprint density at radius 1 is 1.24 bits per heavy atom. The SMILES string of the molecule is CCn1c(-c2nonc2N)nc2c(C#CC(C)(C)O)nc(OC[C@@H](N)Cc3ccncc3)cc21. The standard InChI is InChI=1S/C23H26N8O3/c1-4-31-17-12-18(33-13-15(24)11-14-6-9-26-10-7-14)27-16(5-8-23(2,3)32)19(17)28-22(31)20-21(25)30-34-29-20/h6-7,9-10,12,15,32H,4,11,13,24H2,1-3H3,(H2,25,30)/t15-/m0/s1. The van der Waals surface area contributed by atoms with Gasteiger partial charge in [-0.15, -0.1) is 0 Å². The lowest BCUT2D eigenvalue weighted by Crippen LogP contribution is -2.30. The van der Waals surface area contributed by atoms with Gasteiger partial charge < -0.3 is 25.9 Å². The zero-order chi connectivity index (χ0) is 24.3. The van der Waals surface area contributed by atoms with Crippen molar-refractivity contribution in [3.63, 3.8) is 0 Å². The number of nitrogen functional groups attached to an aromatic ring is 1. The molecule has 4 heterocycles. The number of nitrogens with two attached hydrogens (primary N) is 2. The molecule has 0 bridgehead atoms. The van der Waals surface area contributed by atoms with Crippen molar-refractivity contribution in [2.24, 2.45) is 5.73 Å². The quantitative estimate of drug-likeness (QED) is 0.343. The Balaban J connectivity index is 1.72. The summed E-state index contributed by atoms with van der Waals surface area (Å²) in [6.45, 7) is 5.94. The predicted molar refractivity (Wildman–Crippen MR) is 125 cm³/mol. The molecule has 5 N–H and O–H groups in total. The van der Waals surface area contributed by atoms with Gasteiger partial charge in [0.2, 0.25) is 5.88 Å². The summed E-state index contributed by atoms with van der Waals surface area (Å²) in [4.78, 5) is 13.2. The number of hydrogen-bond donors (Lipinski definition) is 3. The molecular weight excluding hydrogens is 436 g/mol. The van der Waals surface area contributed by atoms with E-state index in [1.807, 2.05) is 23.6 Å². The Labute approximate surface area is 196 Å². The third-order valence-corrected chi connectivity index (χ3v) is 4.93. The third kappa shape index (κ3) is 5.14.